The van der Waals surface area contributed by atoms with Crippen LogP contribution < -0.4 is 20.1 Å². The number of hydrogen-bond acceptors (Lipinski definition) is 4. The fourth-order valence-corrected chi connectivity index (χ4v) is 2.47. The molecule has 0 aliphatic carbocycles. The number of benzene rings is 1. The fraction of sp³-hybridized carbons (Fsp3) is 0.533. The van der Waals surface area contributed by atoms with Gasteiger partial charge in [0.05, 0.1) is 14.2 Å². The van der Waals surface area contributed by atoms with E-state index in [1.807, 2.05) is 13.0 Å². The van der Waals surface area contributed by atoms with Gasteiger partial charge in [0, 0.05) is 18.2 Å². The van der Waals surface area contributed by atoms with Crippen molar-refractivity contribution in [3.63, 3.8) is 0 Å². The molecule has 6 heteroatoms. The Morgan fingerprint density at radius 2 is 2.00 bits per heavy atom. The number of amides is 1. The van der Waals surface area contributed by atoms with Gasteiger partial charge in [0.15, 0.2) is 11.5 Å². The van der Waals surface area contributed by atoms with Gasteiger partial charge >= 0.3 is 0 Å². The van der Waals surface area contributed by atoms with E-state index in [-0.39, 0.29) is 18.3 Å². The summed E-state index contributed by atoms with van der Waals surface area (Å²) in [5.74, 6) is 1.78. The molecule has 1 fully saturated rings. The van der Waals surface area contributed by atoms with E-state index in [4.69, 9.17) is 9.47 Å². The average molecular weight is 315 g/mol. The first-order valence-electron chi connectivity index (χ1n) is 6.87. The molecule has 1 aliphatic rings. The standard InChI is InChI=1S/C15H22N2O3.ClH/c1-10-6-13(19-2)14(20-3)8-12(10)17-15(18)7-11-4-5-16-9-11;/h6,8,11,16H,4-5,7,9H2,1-3H3,(H,17,18);1H. The molecule has 1 amide bonds. The van der Waals surface area contributed by atoms with E-state index in [1.165, 1.54) is 0 Å². The predicted molar refractivity (Wildman–Crippen MR) is 85.8 cm³/mol. The van der Waals surface area contributed by atoms with E-state index in [0.717, 1.165) is 30.8 Å². The van der Waals surface area contributed by atoms with E-state index < -0.39 is 0 Å². The number of carbonyl (C=O) groups excluding carboxylic acids is 1. The van der Waals surface area contributed by atoms with Crippen LogP contribution in [-0.2, 0) is 4.79 Å². The summed E-state index contributed by atoms with van der Waals surface area (Å²) in [4.78, 5) is 12.1. The van der Waals surface area contributed by atoms with Gasteiger partial charge in [-0.1, -0.05) is 0 Å². The first-order valence-corrected chi connectivity index (χ1v) is 6.87. The third kappa shape index (κ3) is 4.51. The molecule has 0 bridgehead atoms. The Bertz CT molecular complexity index is 488. The Kier molecular flexibility index (Phi) is 6.78. The van der Waals surface area contributed by atoms with Gasteiger partial charge < -0.3 is 20.1 Å². The molecule has 1 saturated heterocycles. The zero-order valence-corrected chi connectivity index (χ0v) is 13.5. The fourth-order valence-electron chi connectivity index (χ4n) is 2.47. The molecular weight excluding hydrogens is 292 g/mol. The molecule has 1 atom stereocenters. The molecule has 1 aromatic carbocycles. The molecule has 2 N–H and O–H groups in total. The Morgan fingerprint density at radius 3 is 2.57 bits per heavy atom. The molecular formula is C15H23ClN2O3. The van der Waals surface area contributed by atoms with Gasteiger partial charge in [-0.25, -0.2) is 0 Å². The monoisotopic (exact) mass is 314 g/mol. The topological polar surface area (TPSA) is 59.6 Å². The largest absolute Gasteiger partial charge is 0.493 e. The summed E-state index contributed by atoms with van der Waals surface area (Å²) in [5, 5.41) is 6.23. The second-order valence-electron chi connectivity index (χ2n) is 5.13. The van der Waals surface area contributed by atoms with Crippen LogP contribution in [0.2, 0.25) is 0 Å². The number of anilines is 1. The maximum Gasteiger partial charge on any atom is 0.224 e. The molecule has 118 valence electrons. The number of ether oxygens (including phenoxy) is 2. The molecule has 1 aromatic rings. The van der Waals surface area contributed by atoms with Crippen LogP contribution in [0.15, 0.2) is 12.1 Å². The Labute approximate surface area is 131 Å². The second-order valence-corrected chi connectivity index (χ2v) is 5.13. The van der Waals surface area contributed by atoms with Crippen molar-refractivity contribution in [2.75, 3.05) is 32.6 Å². The quantitative estimate of drug-likeness (QED) is 0.876. The van der Waals surface area contributed by atoms with Gasteiger partial charge in [0.2, 0.25) is 5.91 Å². The molecule has 0 radical (unpaired) electrons. The maximum absolute atomic E-state index is 12.1. The van der Waals surface area contributed by atoms with Gasteiger partial charge in [0.1, 0.15) is 0 Å². The van der Waals surface area contributed by atoms with Crippen molar-refractivity contribution in [3.05, 3.63) is 17.7 Å². The van der Waals surface area contributed by atoms with Crippen molar-refractivity contribution in [2.24, 2.45) is 5.92 Å². The van der Waals surface area contributed by atoms with E-state index in [9.17, 15) is 4.79 Å². The molecule has 21 heavy (non-hydrogen) atoms. The summed E-state index contributed by atoms with van der Waals surface area (Å²) in [7, 11) is 3.19. The van der Waals surface area contributed by atoms with Crippen LogP contribution in [0.25, 0.3) is 0 Å². The van der Waals surface area contributed by atoms with Crippen LogP contribution in [0.5, 0.6) is 11.5 Å². The highest BCUT2D eigenvalue weighted by Gasteiger charge is 2.19. The molecule has 0 saturated carbocycles. The molecule has 1 heterocycles. The summed E-state index contributed by atoms with van der Waals surface area (Å²) in [6.45, 7) is 3.88. The molecule has 1 aliphatic heterocycles. The van der Waals surface area contributed by atoms with Crippen LogP contribution in [0.4, 0.5) is 5.69 Å². The first-order chi connectivity index (χ1) is 9.63. The maximum atomic E-state index is 12.1. The number of nitrogens with one attached hydrogen (secondary N) is 2. The summed E-state index contributed by atoms with van der Waals surface area (Å²) >= 11 is 0. The highest BCUT2D eigenvalue weighted by Crippen LogP contribution is 2.33. The van der Waals surface area contributed by atoms with Crippen molar-refractivity contribution < 1.29 is 14.3 Å². The van der Waals surface area contributed by atoms with Crippen molar-refractivity contribution >= 4 is 24.0 Å². The SMILES string of the molecule is COc1cc(C)c(NC(=O)CC2CCNC2)cc1OC.Cl. The number of rotatable bonds is 5. The number of halogens is 1. The van der Waals surface area contributed by atoms with Crippen molar-refractivity contribution in [1.29, 1.82) is 0 Å². The molecule has 0 spiro atoms. The normalized spacial score (nSPS) is 17.0. The first kappa shape index (κ1) is 17.6. The zero-order valence-electron chi connectivity index (χ0n) is 12.7. The Balaban J connectivity index is 0.00000220. The minimum atomic E-state index is 0. The molecule has 1 unspecified atom stereocenters. The lowest BCUT2D eigenvalue weighted by Gasteiger charge is -2.14. The van der Waals surface area contributed by atoms with Gasteiger partial charge in [0.25, 0.3) is 0 Å². The highest BCUT2D eigenvalue weighted by atomic mass is 35.5. The van der Waals surface area contributed by atoms with Crippen molar-refractivity contribution in [2.45, 2.75) is 19.8 Å². The van der Waals surface area contributed by atoms with Crippen LogP contribution in [-0.4, -0.2) is 33.2 Å². The summed E-state index contributed by atoms with van der Waals surface area (Å²) < 4.78 is 10.5. The van der Waals surface area contributed by atoms with E-state index in [0.29, 0.717) is 23.8 Å². The van der Waals surface area contributed by atoms with E-state index in [1.54, 1.807) is 20.3 Å². The third-order valence-corrected chi connectivity index (χ3v) is 3.64. The summed E-state index contributed by atoms with van der Waals surface area (Å²) in [5.41, 5.74) is 1.74. The number of aryl methyl sites for hydroxylation is 1. The second kappa shape index (κ2) is 8.10. The van der Waals surface area contributed by atoms with Crippen LogP contribution in [0, 0.1) is 12.8 Å². The highest BCUT2D eigenvalue weighted by molar-refractivity contribution is 5.92. The number of carbonyl (C=O) groups is 1. The zero-order chi connectivity index (χ0) is 14.5. The van der Waals surface area contributed by atoms with Crippen LogP contribution in [0.3, 0.4) is 0 Å². The third-order valence-electron chi connectivity index (χ3n) is 3.64. The van der Waals surface area contributed by atoms with E-state index >= 15 is 0 Å². The van der Waals surface area contributed by atoms with Gasteiger partial charge in [-0.05, 0) is 44.0 Å². The van der Waals surface area contributed by atoms with Gasteiger partial charge in [-0.3, -0.25) is 4.79 Å². The lowest BCUT2D eigenvalue weighted by molar-refractivity contribution is -0.116. The predicted octanol–water partition coefficient (Wildman–Crippen LogP) is 2.37. The number of hydrogen-bond donors (Lipinski definition) is 2. The number of methoxy groups -OCH3 is 2. The average Bonchev–Trinajstić information content (AvgIpc) is 2.93. The van der Waals surface area contributed by atoms with Gasteiger partial charge in [-0.15, -0.1) is 12.4 Å². The van der Waals surface area contributed by atoms with Gasteiger partial charge in [-0.2, -0.15) is 0 Å². The minimum absolute atomic E-state index is 0. The Morgan fingerprint density at radius 1 is 1.33 bits per heavy atom. The molecule has 0 aromatic heterocycles. The van der Waals surface area contributed by atoms with Crippen molar-refractivity contribution in [1.82, 2.24) is 5.32 Å². The lowest BCUT2D eigenvalue weighted by Crippen LogP contribution is -2.18. The summed E-state index contributed by atoms with van der Waals surface area (Å²) in [6.07, 6.45) is 1.62. The van der Waals surface area contributed by atoms with Crippen LogP contribution >= 0.6 is 12.4 Å². The molecule has 5 nitrogen and oxygen atoms in total. The summed E-state index contributed by atoms with van der Waals surface area (Å²) in [6, 6.07) is 3.67. The minimum Gasteiger partial charge on any atom is -0.493 e. The van der Waals surface area contributed by atoms with E-state index in [2.05, 4.69) is 10.6 Å². The molecule has 2 rings (SSSR count). The van der Waals surface area contributed by atoms with Crippen LogP contribution in [0.1, 0.15) is 18.4 Å². The lowest BCUT2D eigenvalue weighted by atomic mass is 10.0. The smallest absolute Gasteiger partial charge is 0.224 e. The Hall–Kier alpha value is -1.46. The van der Waals surface area contributed by atoms with Crippen molar-refractivity contribution in [3.8, 4) is 11.5 Å².